The Morgan fingerprint density at radius 2 is 1.89 bits per heavy atom. The lowest BCUT2D eigenvalue weighted by atomic mass is 10.1. The van der Waals surface area contributed by atoms with Crippen LogP contribution in [-0.2, 0) is 21.2 Å². The lowest BCUT2D eigenvalue weighted by molar-refractivity contribution is -0.139. The highest BCUT2D eigenvalue weighted by Crippen LogP contribution is 2.28. The van der Waals surface area contributed by atoms with Gasteiger partial charge in [-0.05, 0) is 76.1 Å². The standard InChI is InChI=1S/C22H15Cl2IN4O5S2/c23-15-4-1-11(7-16(15)24)8-18(22(31)32)28-20(30)13-3-2-12(25)9-17(13)29-36(33,34)21-14-10-27-35-19(14)5-6-26-21/h1-7,9-10,18,29H,8H2,(H,28,30)(H,31,32)/t18-/m0/s1. The molecule has 0 aliphatic heterocycles. The zero-order valence-corrected chi connectivity index (χ0v) is 23.2. The van der Waals surface area contributed by atoms with E-state index in [4.69, 9.17) is 23.2 Å². The third-order valence-corrected chi connectivity index (χ3v) is 8.50. The average Bonchev–Trinajstić information content (AvgIpc) is 3.29. The zero-order chi connectivity index (χ0) is 26.0. The van der Waals surface area contributed by atoms with Crippen LogP contribution in [0.3, 0.4) is 0 Å². The molecule has 4 rings (SSSR count). The van der Waals surface area contributed by atoms with Crippen LogP contribution in [0.2, 0.25) is 10.0 Å². The minimum atomic E-state index is -4.21. The number of nitrogens with zero attached hydrogens (tertiary/aromatic N) is 2. The number of aliphatic carboxylic acids is 1. The van der Waals surface area contributed by atoms with Gasteiger partial charge in [-0.3, -0.25) is 9.52 Å². The summed E-state index contributed by atoms with van der Waals surface area (Å²) in [5, 5.41) is 12.8. The lowest BCUT2D eigenvalue weighted by Gasteiger charge is -2.17. The van der Waals surface area contributed by atoms with Gasteiger partial charge in [0.2, 0.25) is 0 Å². The maximum absolute atomic E-state index is 13.2. The third kappa shape index (κ3) is 5.89. The maximum atomic E-state index is 13.2. The minimum absolute atomic E-state index is 0.0277. The summed E-state index contributed by atoms with van der Waals surface area (Å²) in [5.41, 5.74) is 0.458. The van der Waals surface area contributed by atoms with Crippen molar-refractivity contribution >= 4 is 95.0 Å². The molecule has 1 amide bonds. The number of carbonyl (C=O) groups excluding carboxylic acids is 1. The summed E-state index contributed by atoms with van der Waals surface area (Å²) in [5.74, 6) is -2.05. The van der Waals surface area contributed by atoms with Crippen molar-refractivity contribution in [1.82, 2.24) is 14.7 Å². The second-order valence-corrected chi connectivity index (χ2v) is 12.0. The summed E-state index contributed by atoms with van der Waals surface area (Å²) in [7, 11) is -4.21. The van der Waals surface area contributed by atoms with Gasteiger partial charge in [0.05, 0.1) is 37.6 Å². The van der Waals surface area contributed by atoms with Crippen molar-refractivity contribution < 1.29 is 23.1 Å². The van der Waals surface area contributed by atoms with Crippen molar-refractivity contribution in [1.29, 1.82) is 0 Å². The summed E-state index contributed by atoms with van der Waals surface area (Å²) < 4.78 is 34.1. The molecule has 2 aromatic carbocycles. The first-order chi connectivity index (χ1) is 17.0. The fourth-order valence-electron chi connectivity index (χ4n) is 3.32. The lowest BCUT2D eigenvalue weighted by Crippen LogP contribution is -2.42. The summed E-state index contributed by atoms with van der Waals surface area (Å²) in [6, 6.07) is 9.47. The summed E-state index contributed by atoms with van der Waals surface area (Å²) in [4.78, 5) is 29.0. The van der Waals surface area contributed by atoms with Crippen molar-refractivity contribution in [2.24, 2.45) is 0 Å². The molecular weight excluding hydrogens is 662 g/mol. The van der Waals surface area contributed by atoms with E-state index in [1.807, 2.05) is 22.6 Å². The predicted molar refractivity (Wildman–Crippen MR) is 146 cm³/mol. The molecule has 186 valence electrons. The first-order valence-corrected chi connectivity index (χ1v) is 14.1. The number of carboxylic acid groups (broad SMARTS) is 1. The van der Waals surface area contributed by atoms with E-state index in [2.05, 4.69) is 19.4 Å². The second kappa shape index (κ2) is 10.8. The largest absolute Gasteiger partial charge is 0.480 e. The minimum Gasteiger partial charge on any atom is -0.480 e. The normalized spacial score (nSPS) is 12.3. The molecule has 0 saturated carbocycles. The molecule has 0 spiro atoms. The van der Waals surface area contributed by atoms with Crippen molar-refractivity contribution in [2.75, 3.05) is 4.72 Å². The van der Waals surface area contributed by atoms with Gasteiger partial charge >= 0.3 is 5.97 Å². The maximum Gasteiger partial charge on any atom is 0.326 e. The number of aromatic nitrogens is 2. The monoisotopic (exact) mass is 676 g/mol. The Balaban J connectivity index is 1.62. The SMILES string of the molecule is O=C(N[C@@H](Cc1ccc(Cl)c(Cl)c1)C(=O)O)c1ccc(I)cc1NS(=O)(=O)c1nccc2sncc12. The van der Waals surface area contributed by atoms with Gasteiger partial charge in [-0.1, -0.05) is 29.3 Å². The molecule has 0 saturated heterocycles. The van der Waals surface area contributed by atoms with E-state index >= 15 is 0 Å². The Bertz CT molecular complexity index is 1600. The highest BCUT2D eigenvalue weighted by atomic mass is 127. The quantitative estimate of drug-likeness (QED) is 0.227. The van der Waals surface area contributed by atoms with Crippen LogP contribution in [-0.4, -0.2) is 40.8 Å². The molecule has 0 bridgehead atoms. The van der Waals surface area contributed by atoms with E-state index in [1.165, 1.54) is 36.7 Å². The number of fused-ring (bicyclic) bond motifs is 1. The molecule has 36 heavy (non-hydrogen) atoms. The van der Waals surface area contributed by atoms with Crippen molar-refractivity contribution in [3.8, 4) is 0 Å². The van der Waals surface area contributed by atoms with Crippen LogP contribution < -0.4 is 10.0 Å². The summed E-state index contributed by atoms with van der Waals surface area (Å²) in [6.07, 6.45) is 2.70. The Labute approximate surface area is 233 Å². The van der Waals surface area contributed by atoms with Gasteiger partial charge in [0.1, 0.15) is 6.04 Å². The third-order valence-electron chi connectivity index (χ3n) is 5.00. The number of carboxylic acids is 1. The number of benzene rings is 2. The number of amides is 1. The molecule has 4 aromatic rings. The van der Waals surface area contributed by atoms with Crippen LogP contribution in [0.1, 0.15) is 15.9 Å². The number of anilines is 1. The number of halogens is 3. The van der Waals surface area contributed by atoms with Gasteiger partial charge in [0.25, 0.3) is 15.9 Å². The van der Waals surface area contributed by atoms with Crippen LogP contribution in [0.5, 0.6) is 0 Å². The predicted octanol–water partition coefficient (Wildman–Crippen LogP) is 4.83. The van der Waals surface area contributed by atoms with Gasteiger partial charge in [-0.2, -0.15) is 12.8 Å². The Hall–Kier alpha value is -2.52. The van der Waals surface area contributed by atoms with Gasteiger partial charge in [-0.25, -0.2) is 9.78 Å². The first kappa shape index (κ1) is 26.5. The average molecular weight is 677 g/mol. The topological polar surface area (TPSA) is 138 Å². The molecule has 2 heterocycles. The second-order valence-electron chi connectivity index (χ2n) is 7.47. The van der Waals surface area contributed by atoms with Crippen LogP contribution in [0.25, 0.3) is 10.1 Å². The fourth-order valence-corrected chi connectivity index (χ4v) is 6.04. The Morgan fingerprint density at radius 1 is 1.11 bits per heavy atom. The zero-order valence-electron chi connectivity index (χ0n) is 17.9. The first-order valence-electron chi connectivity index (χ1n) is 10.0. The highest BCUT2D eigenvalue weighted by molar-refractivity contribution is 14.1. The Kier molecular flexibility index (Phi) is 7.99. The van der Waals surface area contributed by atoms with Crippen LogP contribution in [0.15, 0.2) is 59.9 Å². The van der Waals surface area contributed by atoms with E-state index in [9.17, 15) is 23.1 Å². The molecule has 2 aromatic heterocycles. The van der Waals surface area contributed by atoms with E-state index in [1.54, 1.807) is 18.2 Å². The van der Waals surface area contributed by atoms with Crippen molar-refractivity contribution in [2.45, 2.75) is 17.5 Å². The molecule has 14 heteroatoms. The number of carbonyl (C=O) groups is 2. The number of sulfonamides is 1. The number of pyridine rings is 1. The van der Waals surface area contributed by atoms with Crippen LogP contribution in [0, 0.1) is 3.57 Å². The number of hydrogen-bond donors (Lipinski definition) is 3. The molecule has 0 unspecified atom stereocenters. The molecule has 0 radical (unpaired) electrons. The van der Waals surface area contributed by atoms with Crippen molar-refractivity contribution in [3.63, 3.8) is 0 Å². The van der Waals surface area contributed by atoms with Crippen LogP contribution >= 0.6 is 57.3 Å². The molecule has 9 nitrogen and oxygen atoms in total. The van der Waals surface area contributed by atoms with E-state index in [0.717, 1.165) is 11.5 Å². The fraction of sp³-hybridized carbons (Fsp3) is 0.0909. The number of nitrogens with one attached hydrogen (secondary N) is 2. The smallest absolute Gasteiger partial charge is 0.326 e. The highest BCUT2D eigenvalue weighted by Gasteiger charge is 2.26. The van der Waals surface area contributed by atoms with E-state index < -0.39 is 27.9 Å². The number of rotatable bonds is 8. The van der Waals surface area contributed by atoms with Crippen LogP contribution in [0.4, 0.5) is 5.69 Å². The molecular formula is C22H15Cl2IN4O5S2. The molecule has 1 atom stereocenters. The van der Waals surface area contributed by atoms with Gasteiger partial charge in [-0.15, -0.1) is 0 Å². The number of hydrogen-bond acceptors (Lipinski definition) is 7. The molecule has 0 aliphatic carbocycles. The molecule has 3 N–H and O–H groups in total. The van der Waals surface area contributed by atoms with E-state index in [0.29, 0.717) is 24.2 Å². The van der Waals surface area contributed by atoms with Gasteiger partial charge in [0.15, 0.2) is 5.03 Å². The van der Waals surface area contributed by atoms with Crippen molar-refractivity contribution in [3.05, 3.63) is 79.6 Å². The van der Waals surface area contributed by atoms with Gasteiger partial charge < -0.3 is 10.4 Å². The van der Waals surface area contributed by atoms with E-state index in [-0.39, 0.29) is 27.7 Å². The molecule has 0 aliphatic rings. The van der Waals surface area contributed by atoms with Gasteiger partial charge in [0, 0.05) is 16.2 Å². The Morgan fingerprint density at radius 3 is 2.61 bits per heavy atom. The molecule has 0 fully saturated rings. The summed E-state index contributed by atoms with van der Waals surface area (Å²) >= 11 is 15.0. The summed E-state index contributed by atoms with van der Waals surface area (Å²) in [6.45, 7) is 0.